The van der Waals surface area contributed by atoms with Crippen LogP contribution in [0.15, 0.2) is 35.1 Å². The smallest absolute Gasteiger partial charge is 0.475 e. The van der Waals surface area contributed by atoms with E-state index in [2.05, 4.69) is 19.2 Å². The van der Waals surface area contributed by atoms with Crippen LogP contribution in [0.5, 0.6) is 0 Å². The van der Waals surface area contributed by atoms with Crippen LogP contribution in [0, 0.1) is 0 Å². The Morgan fingerprint density at radius 1 is 1.21 bits per heavy atom. The summed E-state index contributed by atoms with van der Waals surface area (Å²) in [5.41, 5.74) is 9.37. The fourth-order valence-corrected chi connectivity index (χ4v) is 6.50. The van der Waals surface area contributed by atoms with Gasteiger partial charge in [-0.05, 0) is 36.7 Å². The topological polar surface area (TPSA) is 151 Å². The Hall–Kier alpha value is -4.04. The van der Waals surface area contributed by atoms with Crippen LogP contribution < -0.4 is 11.3 Å². The molecule has 2 aromatic heterocycles. The van der Waals surface area contributed by atoms with E-state index in [9.17, 15) is 27.6 Å². The number of nitrogens with two attached hydrogens (primary N) is 1. The van der Waals surface area contributed by atoms with Gasteiger partial charge in [0.05, 0.1) is 37.1 Å². The molecule has 0 saturated heterocycles. The third-order valence-electron chi connectivity index (χ3n) is 7.85. The standard InChI is InChI=1S/C27H31N3O5Si.C2HF3O2/c1-5-27(35-16(2)31)21-12-23-24-19(13-30(23)25(32)20(21)14-34-26(27)33)17(10-11-36(3,4)15-28)18-8-6-7-9-22(18)29-24;3-2(4,5)1(6)7/h6-9,12H,5,10-11,13-15,28H2,1-4H3;(H,6,7)/t27-;/m0./s1. The zero-order valence-corrected chi connectivity index (χ0v) is 25.1. The number of carboxylic acids is 1. The van der Waals surface area contributed by atoms with E-state index >= 15 is 0 Å². The quantitative estimate of drug-likeness (QED) is 0.241. The average molecular weight is 620 g/mol. The molecule has 0 unspecified atom stereocenters. The number of aryl methyl sites for hydroxylation is 1. The molecule has 4 heterocycles. The van der Waals surface area contributed by atoms with Gasteiger partial charge in [-0.2, -0.15) is 13.2 Å². The van der Waals surface area contributed by atoms with E-state index in [0.717, 1.165) is 34.6 Å². The number of hydrogen-bond acceptors (Lipinski definition) is 8. The largest absolute Gasteiger partial charge is 0.490 e. The summed E-state index contributed by atoms with van der Waals surface area (Å²) in [5, 5.41) is 8.21. The minimum Gasteiger partial charge on any atom is -0.475 e. The summed E-state index contributed by atoms with van der Waals surface area (Å²) in [6.45, 7) is 7.83. The van der Waals surface area contributed by atoms with Crippen LogP contribution in [0.3, 0.4) is 0 Å². The minimum absolute atomic E-state index is 0.148. The highest BCUT2D eigenvalue weighted by Crippen LogP contribution is 2.42. The molecule has 1 aromatic carbocycles. The molecule has 0 aliphatic carbocycles. The van der Waals surface area contributed by atoms with Gasteiger partial charge in [0.2, 0.25) is 5.60 Å². The molecular formula is C29H32F3N3O7Si. The molecule has 1 atom stereocenters. The molecule has 230 valence electrons. The molecule has 43 heavy (non-hydrogen) atoms. The number of carbonyl (C=O) groups is 3. The summed E-state index contributed by atoms with van der Waals surface area (Å²) in [6, 6.07) is 10.9. The van der Waals surface area contributed by atoms with Crippen LogP contribution in [0.4, 0.5) is 13.2 Å². The molecule has 2 aliphatic rings. The first-order valence-electron chi connectivity index (χ1n) is 13.6. The van der Waals surface area contributed by atoms with E-state index < -0.39 is 37.8 Å². The van der Waals surface area contributed by atoms with Crippen molar-refractivity contribution in [3.05, 3.63) is 62.9 Å². The van der Waals surface area contributed by atoms with Gasteiger partial charge in [-0.25, -0.2) is 14.6 Å². The number of pyridine rings is 2. The molecule has 0 radical (unpaired) electrons. The van der Waals surface area contributed by atoms with Crippen LogP contribution >= 0.6 is 0 Å². The number of aliphatic carboxylic acids is 1. The number of cyclic esters (lactones) is 1. The number of halogens is 3. The maximum atomic E-state index is 13.7. The normalized spacial score (nSPS) is 17.3. The number of aromatic nitrogens is 2. The monoisotopic (exact) mass is 619 g/mol. The van der Waals surface area contributed by atoms with E-state index in [0.29, 0.717) is 29.5 Å². The molecule has 0 amide bonds. The van der Waals surface area contributed by atoms with Crippen molar-refractivity contribution in [2.24, 2.45) is 5.73 Å². The lowest BCUT2D eigenvalue weighted by Crippen LogP contribution is -2.47. The van der Waals surface area contributed by atoms with Crippen LogP contribution in [0.1, 0.15) is 42.5 Å². The van der Waals surface area contributed by atoms with Crippen LogP contribution in [0.25, 0.3) is 22.3 Å². The number of para-hydroxylation sites is 1. The Balaban J connectivity index is 0.000000541. The van der Waals surface area contributed by atoms with Crippen molar-refractivity contribution in [2.45, 2.75) is 70.8 Å². The van der Waals surface area contributed by atoms with Gasteiger partial charge in [0, 0.05) is 23.4 Å². The lowest BCUT2D eigenvalue weighted by atomic mass is 9.85. The highest BCUT2D eigenvalue weighted by atomic mass is 28.3. The maximum absolute atomic E-state index is 13.7. The summed E-state index contributed by atoms with van der Waals surface area (Å²) < 4.78 is 44.4. The molecule has 2 aliphatic heterocycles. The number of hydrogen-bond donors (Lipinski definition) is 2. The predicted octanol–water partition coefficient (Wildman–Crippen LogP) is 4.03. The second kappa shape index (κ2) is 11.6. The number of nitrogens with zero attached hydrogens (tertiary/aromatic N) is 2. The Morgan fingerprint density at radius 3 is 2.44 bits per heavy atom. The summed E-state index contributed by atoms with van der Waals surface area (Å²) in [7, 11) is -1.55. The highest BCUT2D eigenvalue weighted by molar-refractivity contribution is 6.77. The van der Waals surface area contributed by atoms with Crippen LogP contribution in [0.2, 0.25) is 19.1 Å². The molecule has 3 N–H and O–H groups in total. The number of fused-ring (bicyclic) bond motifs is 5. The number of alkyl halides is 3. The molecule has 0 bridgehead atoms. The van der Waals surface area contributed by atoms with Crippen molar-refractivity contribution < 1.29 is 42.1 Å². The Labute approximate surface area is 245 Å². The van der Waals surface area contributed by atoms with E-state index in [1.165, 1.54) is 12.5 Å². The summed E-state index contributed by atoms with van der Waals surface area (Å²) >= 11 is 0. The number of carbonyl (C=O) groups excluding carboxylic acids is 2. The van der Waals surface area contributed by atoms with Crippen molar-refractivity contribution in [1.82, 2.24) is 9.55 Å². The molecule has 10 nitrogen and oxygen atoms in total. The van der Waals surface area contributed by atoms with Gasteiger partial charge in [-0.15, -0.1) is 0 Å². The van der Waals surface area contributed by atoms with E-state index in [-0.39, 0.29) is 18.6 Å². The van der Waals surface area contributed by atoms with Crippen LogP contribution in [-0.2, 0) is 49.0 Å². The van der Waals surface area contributed by atoms with E-state index in [4.69, 9.17) is 30.1 Å². The highest BCUT2D eigenvalue weighted by Gasteiger charge is 2.50. The van der Waals surface area contributed by atoms with Gasteiger partial charge in [-0.3, -0.25) is 9.59 Å². The number of benzene rings is 1. The van der Waals surface area contributed by atoms with Gasteiger partial charge < -0.3 is 24.9 Å². The van der Waals surface area contributed by atoms with Gasteiger partial charge >= 0.3 is 24.1 Å². The van der Waals surface area contributed by atoms with Crippen molar-refractivity contribution in [3.8, 4) is 11.4 Å². The van der Waals surface area contributed by atoms with Crippen molar-refractivity contribution in [1.29, 1.82) is 0 Å². The van der Waals surface area contributed by atoms with Crippen LogP contribution in [-0.4, -0.2) is 53.0 Å². The van der Waals surface area contributed by atoms with Gasteiger partial charge in [0.15, 0.2) is 0 Å². The number of rotatable bonds is 6. The third kappa shape index (κ3) is 5.93. The second-order valence-corrected chi connectivity index (χ2v) is 16.5. The maximum Gasteiger partial charge on any atom is 0.490 e. The SMILES string of the molecule is CC[C@@]1(OC(C)=O)C(=O)OCc2c1cc1n(c2=O)Cc2c-1nc1ccccc1c2CC[Si](C)(C)CN.O=C(O)C(F)(F)F. The fraction of sp³-hybridized carbons (Fsp3) is 0.414. The van der Waals surface area contributed by atoms with E-state index in [1.807, 2.05) is 18.2 Å². The first-order valence-corrected chi connectivity index (χ1v) is 17.0. The second-order valence-electron chi connectivity index (χ2n) is 11.3. The minimum atomic E-state index is -5.08. The molecule has 0 fully saturated rings. The third-order valence-corrected chi connectivity index (χ3v) is 10.6. The molecule has 0 spiro atoms. The Bertz CT molecular complexity index is 1690. The lowest BCUT2D eigenvalue weighted by molar-refractivity contribution is -0.192. The summed E-state index contributed by atoms with van der Waals surface area (Å²) in [5.74, 6) is -4.02. The van der Waals surface area contributed by atoms with Crippen molar-refractivity contribution in [3.63, 3.8) is 0 Å². The number of carboxylic acid groups (broad SMARTS) is 1. The van der Waals surface area contributed by atoms with Crippen molar-refractivity contribution >= 4 is 36.9 Å². The van der Waals surface area contributed by atoms with Gasteiger partial charge in [-0.1, -0.05) is 44.3 Å². The number of ether oxygens (including phenoxy) is 2. The Morgan fingerprint density at radius 2 is 1.86 bits per heavy atom. The van der Waals surface area contributed by atoms with E-state index in [1.54, 1.807) is 17.6 Å². The number of esters is 2. The Kier molecular flexibility index (Phi) is 8.57. The molecule has 5 rings (SSSR count). The lowest BCUT2D eigenvalue weighted by Gasteiger charge is -2.35. The first kappa shape index (κ1) is 31.9. The zero-order chi connectivity index (χ0) is 31.9. The van der Waals surface area contributed by atoms with Gasteiger partial charge in [0.25, 0.3) is 5.56 Å². The fourth-order valence-electron chi connectivity index (χ4n) is 5.37. The molecular weight excluding hydrogens is 587 g/mol. The summed E-state index contributed by atoms with van der Waals surface area (Å²) in [6.07, 6.45) is -3.35. The molecule has 3 aromatic rings. The summed E-state index contributed by atoms with van der Waals surface area (Å²) in [4.78, 5) is 52.5. The zero-order valence-electron chi connectivity index (χ0n) is 24.1. The molecule has 14 heteroatoms. The average Bonchev–Trinajstić information content (AvgIpc) is 3.31. The first-order chi connectivity index (χ1) is 20.1. The van der Waals surface area contributed by atoms with Gasteiger partial charge in [0.1, 0.15) is 6.61 Å². The van der Waals surface area contributed by atoms with Crippen molar-refractivity contribution in [2.75, 3.05) is 6.17 Å². The predicted molar refractivity (Wildman–Crippen MR) is 153 cm³/mol. The molecule has 0 saturated carbocycles.